The summed E-state index contributed by atoms with van der Waals surface area (Å²) >= 11 is 1.47. The Morgan fingerprint density at radius 2 is 2.04 bits per heavy atom. The van der Waals surface area contributed by atoms with E-state index in [1.807, 2.05) is 37.4 Å². The van der Waals surface area contributed by atoms with Crippen LogP contribution in [0.15, 0.2) is 23.6 Å². The van der Waals surface area contributed by atoms with Gasteiger partial charge in [-0.15, -0.1) is 11.3 Å². The zero-order chi connectivity index (χ0) is 19.4. The van der Waals surface area contributed by atoms with Crippen molar-refractivity contribution >= 4 is 22.4 Å². The molecular formula is C21H29N3O2S. The number of carbonyl (C=O) groups excluding carboxylic acids is 1. The van der Waals surface area contributed by atoms with Crippen molar-refractivity contribution in [3.05, 3.63) is 40.4 Å². The van der Waals surface area contributed by atoms with Crippen LogP contribution < -0.4 is 10.1 Å². The summed E-state index contributed by atoms with van der Waals surface area (Å²) in [6.07, 6.45) is 1.30. The molecule has 0 unspecified atom stereocenters. The number of amides is 1. The number of likely N-dealkylation sites (tertiary alicyclic amines) is 1. The number of anilines is 1. The van der Waals surface area contributed by atoms with Gasteiger partial charge in [-0.2, -0.15) is 0 Å². The highest BCUT2D eigenvalue weighted by atomic mass is 32.1. The first kappa shape index (κ1) is 19.8. The Hall–Kier alpha value is -1.92. The van der Waals surface area contributed by atoms with E-state index >= 15 is 0 Å². The van der Waals surface area contributed by atoms with E-state index in [1.54, 1.807) is 0 Å². The van der Waals surface area contributed by atoms with E-state index in [0.29, 0.717) is 5.13 Å². The third-order valence-electron chi connectivity index (χ3n) is 5.04. The molecule has 2 aromatic rings. The monoisotopic (exact) mass is 387 g/mol. The second-order valence-electron chi connectivity index (χ2n) is 7.82. The summed E-state index contributed by atoms with van der Waals surface area (Å²) in [5.41, 5.74) is 3.23. The van der Waals surface area contributed by atoms with Gasteiger partial charge in [-0.25, -0.2) is 4.98 Å². The standard InChI is InChI=1S/C21H29N3O2S/c1-14-8-15(2)10-24(9-14)11-18-13-27-21(22-18)23-20(25)12-26-19-7-5-6-16(3)17(19)4/h5-7,13-15H,8-12H2,1-4H3,(H,22,23,25)/t14-,15+. The van der Waals surface area contributed by atoms with Crippen LogP contribution in [0.5, 0.6) is 5.75 Å². The molecule has 1 N–H and O–H groups in total. The van der Waals surface area contributed by atoms with E-state index in [2.05, 4.69) is 29.0 Å². The number of carbonyl (C=O) groups is 1. The number of ether oxygens (including phenoxy) is 1. The predicted molar refractivity (Wildman–Crippen MR) is 110 cm³/mol. The van der Waals surface area contributed by atoms with Crippen LogP contribution in [0.25, 0.3) is 0 Å². The Morgan fingerprint density at radius 3 is 2.78 bits per heavy atom. The summed E-state index contributed by atoms with van der Waals surface area (Å²) in [6.45, 7) is 11.7. The molecule has 1 saturated heterocycles. The Bertz CT molecular complexity index is 779. The first-order chi connectivity index (χ1) is 12.9. The summed E-state index contributed by atoms with van der Waals surface area (Å²) in [5.74, 6) is 2.03. The van der Waals surface area contributed by atoms with Gasteiger partial charge >= 0.3 is 0 Å². The summed E-state index contributed by atoms with van der Waals surface area (Å²) in [4.78, 5) is 19.2. The minimum atomic E-state index is -0.183. The number of nitrogens with zero attached hydrogens (tertiary/aromatic N) is 2. The van der Waals surface area contributed by atoms with Gasteiger partial charge in [-0.1, -0.05) is 26.0 Å². The van der Waals surface area contributed by atoms with Crippen molar-refractivity contribution in [2.24, 2.45) is 11.8 Å². The van der Waals surface area contributed by atoms with Crippen LogP contribution in [0.4, 0.5) is 5.13 Å². The van der Waals surface area contributed by atoms with Gasteiger partial charge in [-0.05, 0) is 49.3 Å². The van der Waals surface area contributed by atoms with Gasteiger partial charge in [0.1, 0.15) is 5.75 Å². The van der Waals surface area contributed by atoms with E-state index < -0.39 is 0 Å². The van der Waals surface area contributed by atoms with Crippen LogP contribution in [0.1, 0.15) is 37.1 Å². The lowest BCUT2D eigenvalue weighted by atomic mass is 9.92. The molecule has 0 radical (unpaired) electrons. The number of hydrogen-bond donors (Lipinski definition) is 1. The molecule has 2 heterocycles. The Morgan fingerprint density at radius 1 is 1.30 bits per heavy atom. The Kier molecular flexibility index (Phi) is 6.50. The number of hydrogen-bond acceptors (Lipinski definition) is 5. The Balaban J connectivity index is 1.50. The van der Waals surface area contributed by atoms with Gasteiger partial charge in [0, 0.05) is 25.0 Å². The van der Waals surface area contributed by atoms with Crippen LogP contribution in [0, 0.1) is 25.7 Å². The van der Waals surface area contributed by atoms with E-state index in [4.69, 9.17) is 4.74 Å². The zero-order valence-corrected chi connectivity index (χ0v) is 17.4. The van der Waals surface area contributed by atoms with Crippen LogP contribution in [0.2, 0.25) is 0 Å². The number of piperidine rings is 1. The molecule has 6 heteroatoms. The molecule has 27 heavy (non-hydrogen) atoms. The third kappa shape index (κ3) is 5.53. The summed E-state index contributed by atoms with van der Waals surface area (Å²) < 4.78 is 5.66. The highest BCUT2D eigenvalue weighted by Crippen LogP contribution is 2.24. The molecule has 1 fully saturated rings. The fourth-order valence-corrected chi connectivity index (χ4v) is 4.48. The molecule has 1 aromatic heterocycles. The molecule has 1 aromatic carbocycles. The van der Waals surface area contributed by atoms with Crippen molar-refractivity contribution in [1.82, 2.24) is 9.88 Å². The maximum atomic E-state index is 12.2. The first-order valence-corrected chi connectivity index (χ1v) is 10.4. The highest BCUT2D eigenvalue weighted by Gasteiger charge is 2.22. The maximum Gasteiger partial charge on any atom is 0.264 e. The summed E-state index contributed by atoms with van der Waals surface area (Å²) in [7, 11) is 0. The number of aryl methyl sites for hydroxylation is 1. The van der Waals surface area contributed by atoms with Crippen molar-refractivity contribution in [1.29, 1.82) is 0 Å². The highest BCUT2D eigenvalue weighted by molar-refractivity contribution is 7.13. The molecule has 2 atom stereocenters. The van der Waals surface area contributed by atoms with Gasteiger partial charge in [0.2, 0.25) is 0 Å². The lowest BCUT2D eigenvalue weighted by Gasteiger charge is -2.34. The van der Waals surface area contributed by atoms with Gasteiger partial charge in [0.05, 0.1) is 5.69 Å². The van der Waals surface area contributed by atoms with Crippen LogP contribution in [-0.2, 0) is 11.3 Å². The average molecular weight is 388 g/mol. The van der Waals surface area contributed by atoms with E-state index in [1.165, 1.54) is 17.8 Å². The summed E-state index contributed by atoms with van der Waals surface area (Å²) in [6, 6.07) is 5.85. The SMILES string of the molecule is Cc1cccc(OCC(=O)Nc2nc(CN3C[C@H](C)C[C@H](C)C3)cs2)c1C. The molecule has 1 amide bonds. The van der Waals surface area contributed by atoms with E-state index in [0.717, 1.165) is 54.0 Å². The quantitative estimate of drug-likeness (QED) is 0.805. The van der Waals surface area contributed by atoms with Gasteiger partial charge < -0.3 is 4.74 Å². The number of aromatic nitrogens is 1. The second kappa shape index (κ2) is 8.85. The topological polar surface area (TPSA) is 54.5 Å². The minimum absolute atomic E-state index is 0.0135. The van der Waals surface area contributed by atoms with Crippen LogP contribution in [-0.4, -0.2) is 35.5 Å². The first-order valence-electron chi connectivity index (χ1n) is 9.56. The van der Waals surface area contributed by atoms with E-state index in [9.17, 15) is 4.79 Å². The van der Waals surface area contributed by atoms with Gasteiger partial charge in [0.25, 0.3) is 5.91 Å². The zero-order valence-electron chi connectivity index (χ0n) is 16.6. The average Bonchev–Trinajstić information content (AvgIpc) is 3.02. The van der Waals surface area contributed by atoms with Crippen molar-refractivity contribution in [3.8, 4) is 5.75 Å². The van der Waals surface area contributed by atoms with Crippen molar-refractivity contribution < 1.29 is 9.53 Å². The lowest BCUT2D eigenvalue weighted by Crippen LogP contribution is -2.38. The minimum Gasteiger partial charge on any atom is -0.483 e. The molecule has 1 aliphatic heterocycles. The second-order valence-corrected chi connectivity index (χ2v) is 8.68. The van der Waals surface area contributed by atoms with Crippen molar-refractivity contribution in [2.75, 3.05) is 25.0 Å². The molecule has 0 spiro atoms. The third-order valence-corrected chi connectivity index (χ3v) is 5.85. The predicted octanol–water partition coefficient (Wildman–Crippen LogP) is 4.26. The molecule has 146 valence electrons. The van der Waals surface area contributed by atoms with Gasteiger partial charge in [-0.3, -0.25) is 15.0 Å². The van der Waals surface area contributed by atoms with Gasteiger partial charge in [0.15, 0.2) is 11.7 Å². The molecule has 3 rings (SSSR count). The van der Waals surface area contributed by atoms with Crippen molar-refractivity contribution in [2.45, 2.75) is 40.7 Å². The smallest absolute Gasteiger partial charge is 0.264 e. The fraction of sp³-hybridized carbons (Fsp3) is 0.524. The lowest BCUT2D eigenvalue weighted by molar-refractivity contribution is -0.118. The van der Waals surface area contributed by atoms with Crippen LogP contribution in [0.3, 0.4) is 0 Å². The maximum absolute atomic E-state index is 12.2. The number of rotatable bonds is 6. The molecule has 0 aliphatic carbocycles. The number of nitrogens with one attached hydrogen (secondary N) is 1. The van der Waals surface area contributed by atoms with Crippen LogP contribution >= 0.6 is 11.3 Å². The normalized spacial score (nSPS) is 20.4. The summed E-state index contributed by atoms with van der Waals surface area (Å²) in [5, 5.41) is 5.52. The molecule has 0 bridgehead atoms. The number of benzene rings is 1. The molecule has 0 saturated carbocycles. The molecular weight excluding hydrogens is 358 g/mol. The molecule has 5 nitrogen and oxygen atoms in total. The fourth-order valence-electron chi connectivity index (χ4n) is 3.77. The van der Waals surface area contributed by atoms with E-state index in [-0.39, 0.29) is 12.5 Å². The Labute approximate surface area is 165 Å². The largest absolute Gasteiger partial charge is 0.483 e. The molecule has 1 aliphatic rings. The van der Waals surface area contributed by atoms with Crippen molar-refractivity contribution in [3.63, 3.8) is 0 Å². The number of thiazole rings is 1.